The van der Waals surface area contributed by atoms with E-state index in [9.17, 15) is 4.79 Å². The van der Waals surface area contributed by atoms with Crippen molar-refractivity contribution in [1.29, 1.82) is 0 Å². The highest BCUT2D eigenvalue weighted by Crippen LogP contribution is 2.18. The minimum absolute atomic E-state index is 0.0506. The average Bonchev–Trinajstić information content (AvgIpc) is 2.58. The summed E-state index contributed by atoms with van der Waals surface area (Å²) in [5.41, 5.74) is 7.59. The Morgan fingerprint density at radius 2 is 2.38 bits per heavy atom. The first-order valence-electron chi connectivity index (χ1n) is 4.78. The molecule has 0 atom stereocenters. The molecule has 0 saturated carbocycles. The molecule has 0 fully saturated rings. The van der Waals surface area contributed by atoms with Crippen molar-refractivity contribution < 1.29 is 4.79 Å². The minimum Gasteiger partial charge on any atom is -0.368 e. The minimum atomic E-state index is -0.436. The molecule has 0 unspecified atom stereocenters. The molecule has 0 aliphatic heterocycles. The molecular weight excluding hydrogens is 228 g/mol. The van der Waals surface area contributed by atoms with Gasteiger partial charge in [0.05, 0.1) is 5.88 Å². The van der Waals surface area contributed by atoms with Crippen molar-refractivity contribution in [2.45, 2.75) is 19.3 Å². The van der Waals surface area contributed by atoms with Gasteiger partial charge in [0.2, 0.25) is 5.91 Å². The lowest BCUT2D eigenvalue weighted by Gasteiger charge is -2.03. The van der Waals surface area contributed by atoms with E-state index in [1.54, 1.807) is 10.8 Å². The predicted octanol–water partition coefficient (Wildman–Crippen LogP) is 0.964. The van der Waals surface area contributed by atoms with Crippen LogP contribution < -0.4 is 5.73 Å². The van der Waals surface area contributed by atoms with Crippen LogP contribution in [0.2, 0.25) is 0 Å². The van der Waals surface area contributed by atoms with Crippen LogP contribution in [0.4, 0.5) is 0 Å². The Balaban J connectivity index is 2.68. The largest absolute Gasteiger partial charge is 0.368 e. The van der Waals surface area contributed by atoms with Gasteiger partial charge in [-0.2, -0.15) is 0 Å². The number of amides is 1. The molecule has 0 saturated heterocycles. The van der Waals surface area contributed by atoms with Gasteiger partial charge < -0.3 is 10.3 Å². The van der Waals surface area contributed by atoms with Crippen LogP contribution >= 0.6 is 11.6 Å². The van der Waals surface area contributed by atoms with Crippen molar-refractivity contribution in [3.05, 3.63) is 23.7 Å². The summed E-state index contributed by atoms with van der Waals surface area (Å²) in [6.45, 7) is 1.98. The summed E-state index contributed by atoms with van der Waals surface area (Å²) < 4.78 is 1.65. The molecule has 84 valence electrons. The van der Waals surface area contributed by atoms with Crippen LogP contribution in [0.25, 0.3) is 11.2 Å². The molecular formula is C10H11ClN4O. The van der Waals surface area contributed by atoms with Crippen LogP contribution in [-0.4, -0.2) is 20.4 Å². The van der Waals surface area contributed by atoms with Crippen LogP contribution in [0.5, 0.6) is 0 Å². The van der Waals surface area contributed by atoms with Crippen LogP contribution in [0, 0.1) is 6.92 Å². The van der Waals surface area contributed by atoms with Crippen molar-refractivity contribution >= 4 is 28.7 Å². The van der Waals surface area contributed by atoms with Crippen molar-refractivity contribution in [3.8, 4) is 0 Å². The summed E-state index contributed by atoms with van der Waals surface area (Å²) in [6.07, 6.45) is 1.68. The van der Waals surface area contributed by atoms with E-state index >= 15 is 0 Å². The number of imidazole rings is 1. The van der Waals surface area contributed by atoms with Gasteiger partial charge in [-0.05, 0) is 18.6 Å². The van der Waals surface area contributed by atoms with Gasteiger partial charge in [-0.25, -0.2) is 9.97 Å². The fraction of sp³-hybridized carbons (Fsp3) is 0.300. The van der Waals surface area contributed by atoms with E-state index in [0.29, 0.717) is 11.5 Å². The number of pyridine rings is 1. The zero-order valence-electron chi connectivity index (χ0n) is 8.77. The average molecular weight is 239 g/mol. The van der Waals surface area contributed by atoms with Crippen molar-refractivity contribution in [3.63, 3.8) is 0 Å². The lowest BCUT2D eigenvalue weighted by Crippen LogP contribution is -2.20. The predicted molar refractivity (Wildman–Crippen MR) is 61.0 cm³/mol. The topological polar surface area (TPSA) is 73.8 Å². The molecule has 6 heteroatoms. The molecule has 0 aliphatic carbocycles. The lowest BCUT2D eigenvalue weighted by atomic mass is 10.3. The number of hydrogen-bond acceptors (Lipinski definition) is 3. The molecule has 0 spiro atoms. The molecule has 5 nitrogen and oxygen atoms in total. The molecule has 2 aromatic rings. The van der Waals surface area contributed by atoms with Gasteiger partial charge >= 0.3 is 0 Å². The van der Waals surface area contributed by atoms with Crippen molar-refractivity contribution in [2.24, 2.45) is 5.73 Å². The first kappa shape index (κ1) is 10.9. The van der Waals surface area contributed by atoms with E-state index in [0.717, 1.165) is 11.1 Å². The van der Waals surface area contributed by atoms with E-state index in [1.807, 2.05) is 13.0 Å². The highest BCUT2D eigenvalue weighted by molar-refractivity contribution is 6.16. The third-order valence-electron chi connectivity index (χ3n) is 2.35. The summed E-state index contributed by atoms with van der Waals surface area (Å²) in [5, 5.41) is 0. The highest BCUT2D eigenvalue weighted by atomic mass is 35.5. The van der Waals surface area contributed by atoms with Crippen LogP contribution in [0.15, 0.2) is 12.3 Å². The molecule has 0 aliphatic rings. The van der Waals surface area contributed by atoms with Gasteiger partial charge in [-0.1, -0.05) is 0 Å². The maximum atomic E-state index is 11.0. The number of primary amides is 1. The van der Waals surface area contributed by atoms with E-state index in [1.165, 1.54) is 0 Å². The fourth-order valence-electron chi connectivity index (χ4n) is 1.61. The normalized spacial score (nSPS) is 10.9. The van der Waals surface area contributed by atoms with Gasteiger partial charge in [0.1, 0.15) is 17.9 Å². The number of carbonyl (C=O) groups is 1. The molecule has 1 amide bonds. The standard InChI is InChI=1S/C10H11ClN4O/c1-6-2-3-13-10-9(6)14-8(4-11)15(10)5-7(12)16/h2-3H,4-5H2,1H3,(H2,12,16). The number of halogens is 1. The van der Waals surface area contributed by atoms with Gasteiger partial charge in [0.25, 0.3) is 0 Å². The fourth-order valence-corrected chi connectivity index (χ4v) is 1.81. The van der Waals surface area contributed by atoms with Crippen LogP contribution in [-0.2, 0) is 17.2 Å². The second kappa shape index (κ2) is 4.09. The number of hydrogen-bond donors (Lipinski definition) is 1. The molecule has 0 radical (unpaired) electrons. The Morgan fingerprint density at radius 1 is 1.62 bits per heavy atom. The third-order valence-corrected chi connectivity index (χ3v) is 2.59. The smallest absolute Gasteiger partial charge is 0.237 e. The van der Waals surface area contributed by atoms with Crippen LogP contribution in [0.3, 0.4) is 0 Å². The maximum absolute atomic E-state index is 11.0. The number of nitrogens with zero attached hydrogens (tertiary/aromatic N) is 3. The Kier molecular flexibility index (Phi) is 2.78. The van der Waals surface area contributed by atoms with E-state index in [4.69, 9.17) is 17.3 Å². The van der Waals surface area contributed by atoms with E-state index in [-0.39, 0.29) is 12.4 Å². The Bertz CT molecular complexity index is 549. The lowest BCUT2D eigenvalue weighted by molar-refractivity contribution is -0.118. The highest BCUT2D eigenvalue weighted by Gasteiger charge is 2.13. The molecule has 2 heterocycles. The summed E-state index contributed by atoms with van der Waals surface area (Å²) in [6, 6.07) is 1.86. The van der Waals surface area contributed by atoms with Crippen molar-refractivity contribution in [2.75, 3.05) is 0 Å². The SMILES string of the molecule is Cc1ccnc2c1nc(CCl)n2CC(N)=O. The van der Waals surface area contributed by atoms with E-state index in [2.05, 4.69) is 9.97 Å². The van der Waals surface area contributed by atoms with Gasteiger partial charge in [-0.15, -0.1) is 11.6 Å². The molecule has 2 rings (SSSR count). The summed E-state index contributed by atoms with van der Waals surface area (Å²) in [7, 11) is 0. The van der Waals surface area contributed by atoms with Crippen molar-refractivity contribution in [1.82, 2.24) is 14.5 Å². The number of fused-ring (bicyclic) bond motifs is 1. The Hall–Kier alpha value is -1.62. The molecule has 16 heavy (non-hydrogen) atoms. The van der Waals surface area contributed by atoms with Crippen LogP contribution in [0.1, 0.15) is 11.4 Å². The second-order valence-corrected chi connectivity index (χ2v) is 3.78. The number of rotatable bonds is 3. The molecule has 2 N–H and O–H groups in total. The van der Waals surface area contributed by atoms with Gasteiger partial charge in [0, 0.05) is 6.20 Å². The van der Waals surface area contributed by atoms with E-state index < -0.39 is 5.91 Å². The quantitative estimate of drug-likeness (QED) is 0.810. The van der Waals surface area contributed by atoms with Gasteiger partial charge in [-0.3, -0.25) is 4.79 Å². The number of carbonyl (C=O) groups excluding carboxylic acids is 1. The zero-order valence-corrected chi connectivity index (χ0v) is 9.53. The maximum Gasteiger partial charge on any atom is 0.237 e. The third kappa shape index (κ3) is 1.74. The Labute approximate surface area is 97.2 Å². The Morgan fingerprint density at radius 3 is 3.00 bits per heavy atom. The number of aromatic nitrogens is 3. The first-order valence-corrected chi connectivity index (χ1v) is 5.32. The molecule has 2 aromatic heterocycles. The van der Waals surface area contributed by atoms with Gasteiger partial charge in [0.15, 0.2) is 5.65 Å². The summed E-state index contributed by atoms with van der Waals surface area (Å²) in [4.78, 5) is 19.5. The monoisotopic (exact) mass is 238 g/mol. The summed E-state index contributed by atoms with van der Waals surface area (Å²) in [5.74, 6) is 0.398. The zero-order chi connectivity index (χ0) is 11.7. The first-order chi connectivity index (χ1) is 7.63. The summed E-state index contributed by atoms with van der Waals surface area (Å²) >= 11 is 5.78. The molecule has 0 bridgehead atoms. The molecule has 0 aromatic carbocycles. The second-order valence-electron chi connectivity index (χ2n) is 3.51. The number of aryl methyl sites for hydroxylation is 1. The number of nitrogens with two attached hydrogens (primary N) is 1. The number of alkyl halides is 1.